The number of hydrogen-bond donors (Lipinski definition) is 3. The van der Waals surface area contributed by atoms with Crippen molar-refractivity contribution in [2.45, 2.75) is 13.8 Å². The molecule has 6 heteroatoms. The molecule has 0 atom stereocenters. The van der Waals surface area contributed by atoms with E-state index < -0.39 is 0 Å². The molecule has 0 aliphatic heterocycles. The Hall–Kier alpha value is -4.19. The van der Waals surface area contributed by atoms with Crippen LogP contribution in [-0.2, 0) is 0 Å². The number of carbonyl (C=O) groups excluding carboxylic acids is 1. The summed E-state index contributed by atoms with van der Waals surface area (Å²) in [7, 11) is 0. The van der Waals surface area contributed by atoms with Gasteiger partial charge >= 0.3 is 0 Å². The summed E-state index contributed by atoms with van der Waals surface area (Å²) in [4.78, 5) is 17.7. The summed E-state index contributed by atoms with van der Waals surface area (Å²) in [5, 5.41) is 23.7. The van der Waals surface area contributed by atoms with Crippen LogP contribution in [0.1, 0.15) is 27.0 Å². The van der Waals surface area contributed by atoms with E-state index in [2.05, 4.69) is 10.5 Å². The van der Waals surface area contributed by atoms with Gasteiger partial charge in [-0.05, 0) is 55.8 Å². The van der Waals surface area contributed by atoms with Crippen molar-refractivity contribution in [3.8, 4) is 22.8 Å². The molecule has 0 saturated carbocycles. The van der Waals surface area contributed by atoms with Crippen LogP contribution >= 0.6 is 0 Å². The Morgan fingerprint density at radius 1 is 0.903 bits per heavy atom. The largest absolute Gasteiger partial charge is 0.504 e. The fourth-order valence-electron chi connectivity index (χ4n) is 3.25. The molecule has 31 heavy (non-hydrogen) atoms. The molecule has 0 bridgehead atoms. The van der Waals surface area contributed by atoms with Crippen molar-refractivity contribution in [3.63, 3.8) is 0 Å². The van der Waals surface area contributed by atoms with Gasteiger partial charge in [0.05, 0.1) is 23.0 Å². The predicted molar refractivity (Wildman–Crippen MR) is 121 cm³/mol. The third-order valence-electron chi connectivity index (χ3n) is 4.94. The number of rotatable bonds is 4. The van der Waals surface area contributed by atoms with Crippen LogP contribution in [0.3, 0.4) is 0 Å². The quantitative estimate of drug-likeness (QED) is 0.258. The van der Waals surface area contributed by atoms with E-state index in [0.717, 1.165) is 27.6 Å². The van der Waals surface area contributed by atoms with Crippen molar-refractivity contribution in [1.82, 2.24) is 10.4 Å². The number of phenols is 2. The van der Waals surface area contributed by atoms with Crippen LogP contribution in [0, 0.1) is 13.8 Å². The monoisotopic (exact) mass is 411 g/mol. The van der Waals surface area contributed by atoms with Gasteiger partial charge in [-0.15, -0.1) is 0 Å². The summed E-state index contributed by atoms with van der Waals surface area (Å²) in [5.74, 6) is -0.845. The molecule has 0 radical (unpaired) electrons. The molecule has 1 heterocycles. The van der Waals surface area contributed by atoms with Crippen LogP contribution in [0.25, 0.3) is 22.2 Å². The minimum absolute atomic E-state index is 0.219. The summed E-state index contributed by atoms with van der Waals surface area (Å²) in [5.41, 5.74) is 8.06. The van der Waals surface area contributed by atoms with Gasteiger partial charge < -0.3 is 10.2 Å². The summed E-state index contributed by atoms with van der Waals surface area (Å²) < 4.78 is 0. The highest BCUT2D eigenvalue weighted by molar-refractivity contribution is 6.07. The second-order valence-electron chi connectivity index (χ2n) is 7.39. The van der Waals surface area contributed by atoms with E-state index in [1.807, 2.05) is 56.3 Å². The first kappa shape index (κ1) is 20.1. The Balaban J connectivity index is 1.69. The van der Waals surface area contributed by atoms with Crippen molar-refractivity contribution in [2.24, 2.45) is 5.10 Å². The number of nitrogens with zero attached hydrogens (tertiary/aromatic N) is 2. The molecule has 0 saturated heterocycles. The highest BCUT2D eigenvalue weighted by Crippen LogP contribution is 2.26. The van der Waals surface area contributed by atoms with E-state index in [0.29, 0.717) is 16.8 Å². The third-order valence-corrected chi connectivity index (χ3v) is 4.94. The number of nitrogens with one attached hydrogen (secondary N) is 1. The summed E-state index contributed by atoms with van der Waals surface area (Å²) >= 11 is 0. The summed E-state index contributed by atoms with van der Waals surface area (Å²) in [6.45, 7) is 3.98. The van der Waals surface area contributed by atoms with E-state index in [1.54, 1.807) is 12.1 Å². The Bertz CT molecular complexity index is 1310. The maximum absolute atomic E-state index is 13.0. The van der Waals surface area contributed by atoms with Crippen LogP contribution in [0.5, 0.6) is 11.5 Å². The average Bonchev–Trinajstić information content (AvgIpc) is 2.76. The van der Waals surface area contributed by atoms with Crippen LogP contribution in [0.2, 0.25) is 0 Å². The van der Waals surface area contributed by atoms with Gasteiger partial charge in [0.2, 0.25) is 0 Å². The molecule has 154 valence electrons. The van der Waals surface area contributed by atoms with Gasteiger partial charge in [-0.2, -0.15) is 5.10 Å². The molecule has 6 nitrogen and oxygen atoms in total. The smallest absolute Gasteiger partial charge is 0.272 e. The zero-order valence-electron chi connectivity index (χ0n) is 17.1. The molecule has 0 aliphatic carbocycles. The number of amides is 1. The second-order valence-corrected chi connectivity index (χ2v) is 7.39. The lowest BCUT2D eigenvalue weighted by Gasteiger charge is -2.10. The maximum atomic E-state index is 13.0. The summed E-state index contributed by atoms with van der Waals surface area (Å²) in [6.07, 6.45) is 1.40. The Labute approximate surface area is 179 Å². The Kier molecular flexibility index (Phi) is 5.37. The maximum Gasteiger partial charge on any atom is 0.272 e. The lowest BCUT2D eigenvalue weighted by molar-refractivity contribution is 0.0956. The van der Waals surface area contributed by atoms with Crippen molar-refractivity contribution in [1.29, 1.82) is 0 Å². The number of aryl methyl sites for hydroxylation is 2. The zero-order chi connectivity index (χ0) is 22.0. The van der Waals surface area contributed by atoms with Crippen LogP contribution in [-0.4, -0.2) is 27.3 Å². The van der Waals surface area contributed by atoms with E-state index >= 15 is 0 Å². The number of hydrogen-bond acceptors (Lipinski definition) is 5. The number of aromatic nitrogens is 1. The number of fused-ring (bicyclic) bond motifs is 1. The molecule has 0 unspecified atom stereocenters. The van der Waals surface area contributed by atoms with Crippen LogP contribution in [0.15, 0.2) is 71.8 Å². The first-order valence-electron chi connectivity index (χ1n) is 9.74. The lowest BCUT2D eigenvalue weighted by atomic mass is 10.0. The molecular weight excluding hydrogens is 390 g/mol. The molecular formula is C25H21N3O3. The molecule has 0 fully saturated rings. The van der Waals surface area contributed by atoms with Crippen LogP contribution < -0.4 is 5.43 Å². The molecule has 3 N–H and O–H groups in total. The van der Waals surface area contributed by atoms with Gasteiger partial charge in [-0.1, -0.05) is 41.5 Å². The first-order chi connectivity index (χ1) is 14.9. The van der Waals surface area contributed by atoms with Gasteiger partial charge in [-0.3, -0.25) is 4.79 Å². The topological polar surface area (TPSA) is 94.8 Å². The highest BCUT2D eigenvalue weighted by Gasteiger charge is 2.14. The van der Waals surface area contributed by atoms with Crippen molar-refractivity contribution in [3.05, 3.63) is 89.0 Å². The number of benzene rings is 3. The number of carbonyl (C=O) groups is 1. The van der Waals surface area contributed by atoms with E-state index in [-0.39, 0.29) is 17.4 Å². The molecule has 1 aromatic heterocycles. The number of pyridine rings is 1. The average molecular weight is 411 g/mol. The van der Waals surface area contributed by atoms with Gasteiger partial charge in [0.15, 0.2) is 11.5 Å². The fourth-order valence-corrected chi connectivity index (χ4v) is 3.25. The molecule has 3 aromatic carbocycles. The third kappa shape index (κ3) is 4.38. The fraction of sp³-hybridized carbons (Fsp3) is 0.0800. The molecule has 4 rings (SSSR count). The van der Waals surface area contributed by atoms with Gasteiger partial charge in [-0.25, -0.2) is 10.4 Å². The molecule has 0 aliphatic rings. The standard InChI is InChI=1S/C25H21N3O3/c1-15-3-7-18(8-4-15)22-13-20(19-11-16(2)5-9-21(19)27-22)25(31)28-26-14-17-6-10-23(29)24(30)12-17/h3-14,29-30H,1-2H3,(H,28,31)/b26-14-. The SMILES string of the molecule is Cc1ccc(-c2cc(C(=O)N/N=C\c3ccc(O)c(O)c3)c3cc(C)ccc3n2)cc1. The Morgan fingerprint density at radius 2 is 1.65 bits per heavy atom. The van der Waals surface area contributed by atoms with Crippen LogP contribution in [0.4, 0.5) is 0 Å². The lowest BCUT2D eigenvalue weighted by Crippen LogP contribution is -2.18. The number of phenolic OH excluding ortho intramolecular Hbond substituents is 2. The van der Waals surface area contributed by atoms with Gasteiger partial charge in [0.25, 0.3) is 5.91 Å². The molecule has 0 spiro atoms. The molecule has 1 amide bonds. The normalized spacial score (nSPS) is 11.2. The minimum Gasteiger partial charge on any atom is -0.504 e. The second kappa shape index (κ2) is 8.28. The van der Waals surface area contributed by atoms with E-state index in [9.17, 15) is 15.0 Å². The van der Waals surface area contributed by atoms with E-state index in [1.165, 1.54) is 18.3 Å². The summed E-state index contributed by atoms with van der Waals surface area (Å²) in [6, 6.07) is 19.8. The number of hydrazone groups is 1. The van der Waals surface area contributed by atoms with Crippen molar-refractivity contribution in [2.75, 3.05) is 0 Å². The van der Waals surface area contributed by atoms with Crippen molar-refractivity contribution < 1.29 is 15.0 Å². The van der Waals surface area contributed by atoms with E-state index in [4.69, 9.17) is 4.98 Å². The predicted octanol–water partition coefficient (Wildman–Crippen LogP) is 4.69. The number of aromatic hydroxyl groups is 2. The Morgan fingerprint density at radius 3 is 2.39 bits per heavy atom. The highest BCUT2D eigenvalue weighted by atomic mass is 16.3. The van der Waals surface area contributed by atoms with Gasteiger partial charge in [0.1, 0.15) is 0 Å². The minimum atomic E-state index is -0.370. The zero-order valence-corrected chi connectivity index (χ0v) is 17.1. The molecule has 4 aromatic rings. The van der Waals surface area contributed by atoms with Gasteiger partial charge in [0, 0.05) is 10.9 Å². The first-order valence-corrected chi connectivity index (χ1v) is 9.74. The van der Waals surface area contributed by atoms with Crippen molar-refractivity contribution >= 4 is 23.0 Å².